The van der Waals surface area contributed by atoms with Gasteiger partial charge in [0.25, 0.3) is 0 Å². The number of ether oxygens (including phenoxy) is 2. The van der Waals surface area contributed by atoms with Gasteiger partial charge in [-0.25, -0.2) is 9.59 Å². The van der Waals surface area contributed by atoms with Gasteiger partial charge in [-0.15, -0.1) is 0 Å². The molecule has 1 aromatic rings. The Hall–Kier alpha value is -1.82. The van der Waals surface area contributed by atoms with Gasteiger partial charge in [0.1, 0.15) is 0 Å². The van der Waals surface area contributed by atoms with Gasteiger partial charge in [-0.05, 0) is 32.0 Å². The Morgan fingerprint density at radius 1 is 1.20 bits per heavy atom. The van der Waals surface area contributed by atoms with E-state index in [1.165, 1.54) is 6.20 Å². The molecule has 0 radical (unpaired) electrons. The van der Waals surface area contributed by atoms with Crippen LogP contribution in [0.5, 0.6) is 0 Å². The fraction of sp³-hybridized carbons (Fsp3) is 0.286. The minimum absolute atomic E-state index is 0.173. The molecule has 0 aliphatic rings. The van der Waals surface area contributed by atoms with Crippen molar-refractivity contribution in [1.82, 2.24) is 0 Å². The molecule has 0 bridgehead atoms. The van der Waals surface area contributed by atoms with Gasteiger partial charge in [0.15, 0.2) is 5.57 Å². The minimum atomic E-state index is -0.714. The first-order valence-electron chi connectivity index (χ1n) is 6.15. The van der Waals surface area contributed by atoms with E-state index in [-0.39, 0.29) is 18.8 Å². The highest BCUT2D eigenvalue weighted by atomic mass is 79.9. The average Bonchev–Trinajstić information content (AvgIpc) is 2.39. The molecular formula is C14H16BrNO4. The Morgan fingerprint density at radius 3 is 2.30 bits per heavy atom. The Kier molecular flexibility index (Phi) is 6.79. The first kappa shape index (κ1) is 16.2. The fourth-order valence-electron chi connectivity index (χ4n) is 1.35. The zero-order valence-electron chi connectivity index (χ0n) is 11.3. The quantitative estimate of drug-likeness (QED) is 0.373. The van der Waals surface area contributed by atoms with E-state index in [0.717, 1.165) is 10.2 Å². The van der Waals surface area contributed by atoms with Crippen molar-refractivity contribution in [3.63, 3.8) is 0 Å². The number of carbonyl (C=O) groups is 2. The van der Waals surface area contributed by atoms with Crippen molar-refractivity contribution in [3.8, 4) is 0 Å². The molecule has 0 aliphatic carbocycles. The second-order valence-electron chi connectivity index (χ2n) is 3.65. The van der Waals surface area contributed by atoms with E-state index in [2.05, 4.69) is 21.2 Å². The van der Waals surface area contributed by atoms with Crippen LogP contribution in [0.15, 0.2) is 40.5 Å². The molecule has 6 heteroatoms. The maximum Gasteiger partial charge on any atom is 0.347 e. The van der Waals surface area contributed by atoms with E-state index >= 15 is 0 Å². The van der Waals surface area contributed by atoms with Crippen LogP contribution in [0.4, 0.5) is 5.69 Å². The lowest BCUT2D eigenvalue weighted by Crippen LogP contribution is -2.19. The first-order valence-corrected chi connectivity index (χ1v) is 6.94. The lowest BCUT2D eigenvalue weighted by Gasteiger charge is -2.07. The van der Waals surface area contributed by atoms with Crippen LogP contribution in [0.3, 0.4) is 0 Å². The molecule has 5 nitrogen and oxygen atoms in total. The van der Waals surface area contributed by atoms with Crippen LogP contribution in [0.1, 0.15) is 13.8 Å². The molecule has 1 N–H and O–H groups in total. The number of hydrogen-bond acceptors (Lipinski definition) is 5. The molecule has 20 heavy (non-hydrogen) atoms. The monoisotopic (exact) mass is 341 g/mol. The standard InChI is InChI=1S/C14H16BrNO4/c1-3-19-13(17)12(14(18)20-4-2)9-16-11-7-5-6-10(15)8-11/h5-9,16H,3-4H2,1-2H3. The zero-order chi connectivity index (χ0) is 15.0. The predicted octanol–water partition coefficient (Wildman–Crippen LogP) is 2.87. The van der Waals surface area contributed by atoms with Crippen molar-refractivity contribution >= 4 is 33.6 Å². The van der Waals surface area contributed by atoms with Crippen LogP contribution in [0, 0.1) is 0 Å². The summed E-state index contributed by atoms with van der Waals surface area (Å²) in [6, 6.07) is 7.31. The molecule has 1 aromatic carbocycles. The maximum absolute atomic E-state index is 11.7. The number of nitrogens with one attached hydrogen (secondary N) is 1. The van der Waals surface area contributed by atoms with Gasteiger partial charge in [-0.1, -0.05) is 22.0 Å². The number of esters is 2. The van der Waals surface area contributed by atoms with E-state index in [9.17, 15) is 9.59 Å². The highest BCUT2D eigenvalue weighted by Crippen LogP contribution is 2.16. The van der Waals surface area contributed by atoms with Crippen LogP contribution in [0.25, 0.3) is 0 Å². The summed E-state index contributed by atoms with van der Waals surface area (Å²) >= 11 is 3.33. The van der Waals surface area contributed by atoms with Crippen molar-refractivity contribution in [2.75, 3.05) is 18.5 Å². The van der Waals surface area contributed by atoms with E-state index in [4.69, 9.17) is 9.47 Å². The van der Waals surface area contributed by atoms with Gasteiger partial charge in [-0.3, -0.25) is 0 Å². The number of anilines is 1. The molecule has 0 fully saturated rings. The van der Waals surface area contributed by atoms with Crippen molar-refractivity contribution in [2.24, 2.45) is 0 Å². The third-order valence-electron chi connectivity index (χ3n) is 2.20. The van der Waals surface area contributed by atoms with Gasteiger partial charge in [0, 0.05) is 16.4 Å². The summed E-state index contributed by atoms with van der Waals surface area (Å²) in [6.07, 6.45) is 1.29. The molecule has 0 saturated carbocycles. The van der Waals surface area contributed by atoms with Gasteiger partial charge in [0.05, 0.1) is 13.2 Å². The van der Waals surface area contributed by atoms with Crippen LogP contribution in [-0.2, 0) is 19.1 Å². The Labute approximate surface area is 126 Å². The van der Waals surface area contributed by atoms with Gasteiger partial charge in [0.2, 0.25) is 0 Å². The molecule has 0 heterocycles. The molecule has 0 aromatic heterocycles. The summed E-state index contributed by atoms with van der Waals surface area (Å²) in [5.41, 5.74) is 0.555. The lowest BCUT2D eigenvalue weighted by molar-refractivity contribution is -0.146. The normalized spacial score (nSPS) is 9.55. The maximum atomic E-state index is 11.7. The van der Waals surface area contributed by atoms with Crippen LogP contribution in [0.2, 0.25) is 0 Å². The lowest BCUT2D eigenvalue weighted by atomic mass is 10.3. The van der Waals surface area contributed by atoms with Crippen molar-refractivity contribution in [3.05, 3.63) is 40.5 Å². The van der Waals surface area contributed by atoms with Crippen LogP contribution < -0.4 is 5.32 Å². The van der Waals surface area contributed by atoms with Gasteiger partial charge >= 0.3 is 11.9 Å². The Morgan fingerprint density at radius 2 is 1.80 bits per heavy atom. The summed E-state index contributed by atoms with van der Waals surface area (Å²) in [4.78, 5) is 23.4. The summed E-state index contributed by atoms with van der Waals surface area (Å²) in [5, 5.41) is 2.87. The highest BCUT2D eigenvalue weighted by Gasteiger charge is 2.20. The van der Waals surface area contributed by atoms with Crippen LogP contribution in [-0.4, -0.2) is 25.2 Å². The van der Waals surface area contributed by atoms with Gasteiger partial charge in [-0.2, -0.15) is 0 Å². The van der Waals surface area contributed by atoms with E-state index in [1.54, 1.807) is 19.9 Å². The summed E-state index contributed by atoms with van der Waals surface area (Å²) in [6.45, 7) is 3.71. The topological polar surface area (TPSA) is 64.6 Å². The molecule has 108 valence electrons. The van der Waals surface area contributed by atoms with Gasteiger partial charge < -0.3 is 14.8 Å². The number of hydrogen-bond donors (Lipinski definition) is 1. The van der Waals surface area contributed by atoms with Crippen LogP contribution >= 0.6 is 15.9 Å². The fourth-order valence-corrected chi connectivity index (χ4v) is 1.75. The smallest absolute Gasteiger partial charge is 0.347 e. The van der Waals surface area contributed by atoms with Crippen molar-refractivity contribution in [2.45, 2.75) is 13.8 Å². The molecule has 0 amide bonds. The summed E-state index contributed by atoms with van der Waals surface area (Å²) in [5.74, 6) is -1.43. The Balaban J connectivity index is 2.89. The number of carbonyl (C=O) groups excluding carboxylic acids is 2. The molecule has 0 atom stereocenters. The van der Waals surface area contributed by atoms with Crippen molar-refractivity contribution < 1.29 is 19.1 Å². The van der Waals surface area contributed by atoms with E-state index in [0.29, 0.717) is 0 Å². The third-order valence-corrected chi connectivity index (χ3v) is 2.69. The largest absolute Gasteiger partial charge is 0.462 e. The Bertz CT molecular complexity index is 494. The minimum Gasteiger partial charge on any atom is -0.462 e. The SMILES string of the molecule is CCOC(=O)C(=CNc1cccc(Br)c1)C(=O)OCC. The van der Waals surface area contributed by atoms with E-state index in [1.807, 2.05) is 18.2 Å². The summed E-state index contributed by atoms with van der Waals surface area (Å²) in [7, 11) is 0. The number of halogens is 1. The molecule has 0 unspecified atom stereocenters. The average molecular weight is 342 g/mol. The summed E-state index contributed by atoms with van der Waals surface area (Å²) < 4.78 is 10.5. The highest BCUT2D eigenvalue weighted by molar-refractivity contribution is 9.10. The van der Waals surface area contributed by atoms with E-state index < -0.39 is 11.9 Å². The molecule has 0 aliphatic heterocycles. The molecule has 1 rings (SSSR count). The molecule has 0 saturated heterocycles. The second kappa shape index (κ2) is 8.37. The van der Waals surface area contributed by atoms with Crippen molar-refractivity contribution in [1.29, 1.82) is 0 Å². The predicted molar refractivity (Wildman–Crippen MR) is 79.1 cm³/mol. The second-order valence-corrected chi connectivity index (χ2v) is 4.57. The number of rotatable bonds is 6. The molecule has 0 spiro atoms. The third kappa shape index (κ3) is 5.05. The molecular weight excluding hydrogens is 326 g/mol. The number of benzene rings is 1. The first-order chi connectivity index (χ1) is 9.58. The zero-order valence-corrected chi connectivity index (χ0v) is 12.9.